The van der Waals surface area contributed by atoms with E-state index in [9.17, 15) is 18.0 Å². The van der Waals surface area contributed by atoms with Gasteiger partial charge >= 0.3 is 5.97 Å². The zero-order valence-corrected chi connectivity index (χ0v) is 15.2. The van der Waals surface area contributed by atoms with E-state index in [4.69, 9.17) is 5.11 Å². The SMILES string of the molecule is O=C(O)CNC(=O)c1cccc(S(=O)(=O)C(Br)(Br)Br)c1. The largest absolute Gasteiger partial charge is 0.480 e. The quantitative estimate of drug-likeness (QED) is 0.625. The van der Waals surface area contributed by atoms with E-state index in [-0.39, 0.29) is 10.5 Å². The standard InChI is InChI=1S/C10H8Br3NO5S/c11-10(12,13)20(18,19)7-3-1-2-6(4-7)9(17)14-5-8(15)16/h1-4H,5H2,(H,14,17)(H,15,16). The Balaban J connectivity index is 3.09. The maximum atomic E-state index is 12.1. The van der Waals surface area contributed by atoms with Gasteiger partial charge in [-0.15, -0.1) is 0 Å². The fourth-order valence-corrected chi connectivity index (χ4v) is 3.69. The highest BCUT2D eigenvalue weighted by molar-refractivity contribution is 9.42. The van der Waals surface area contributed by atoms with Gasteiger partial charge in [0.1, 0.15) is 6.54 Å². The molecule has 110 valence electrons. The molecule has 0 bridgehead atoms. The van der Waals surface area contributed by atoms with Crippen LogP contribution in [-0.4, -0.2) is 33.4 Å². The van der Waals surface area contributed by atoms with Crippen LogP contribution in [0.5, 0.6) is 0 Å². The molecule has 0 unspecified atom stereocenters. The maximum absolute atomic E-state index is 12.1. The van der Waals surface area contributed by atoms with Crippen molar-refractivity contribution in [3.63, 3.8) is 0 Å². The third-order valence-corrected chi connectivity index (χ3v) is 7.43. The number of aliphatic carboxylic acids is 1. The number of rotatable bonds is 4. The second-order valence-corrected chi connectivity index (χ2v) is 14.0. The summed E-state index contributed by atoms with van der Waals surface area (Å²) in [7, 11) is -3.81. The van der Waals surface area contributed by atoms with Crippen molar-refractivity contribution in [2.45, 2.75) is 6.37 Å². The highest BCUT2D eigenvalue weighted by Gasteiger charge is 2.37. The first-order valence-corrected chi connectivity index (χ1v) is 8.83. The predicted molar refractivity (Wildman–Crippen MR) is 83.1 cm³/mol. The molecule has 6 nitrogen and oxygen atoms in total. The van der Waals surface area contributed by atoms with E-state index in [2.05, 4.69) is 53.1 Å². The van der Waals surface area contributed by atoms with Crippen molar-refractivity contribution in [1.29, 1.82) is 0 Å². The third kappa shape index (κ3) is 4.27. The minimum atomic E-state index is -3.81. The first-order valence-electron chi connectivity index (χ1n) is 4.97. The van der Waals surface area contributed by atoms with Crippen LogP contribution in [0.2, 0.25) is 0 Å². The second-order valence-electron chi connectivity index (χ2n) is 3.55. The van der Waals surface area contributed by atoms with E-state index in [1.54, 1.807) is 0 Å². The van der Waals surface area contributed by atoms with Crippen molar-refractivity contribution < 1.29 is 23.1 Å². The Hall–Kier alpha value is -0.450. The van der Waals surface area contributed by atoms with Gasteiger partial charge in [0.15, 0.2) is 0 Å². The fourth-order valence-electron chi connectivity index (χ4n) is 1.20. The van der Waals surface area contributed by atoms with Crippen molar-refractivity contribution in [3.05, 3.63) is 29.8 Å². The van der Waals surface area contributed by atoms with E-state index in [0.717, 1.165) is 6.07 Å². The fraction of sp³-hybridized carbons (Fsp3) is 0.200. The second kappa shape index (κ2) is 6.54. The van der Waals surface area contributed by atoms with Crippen molar-refractivity contribution in [2.24, 2.45) is 0 Å². The number of halogens is 3. The summed E-state index contributed by atoms with van der Waals surface area (Å²) < 4.78 is 22.7. The van der Waals surface area contributed by atoms with Crippen LogP contribution in [-0.2, 0) is 14.6 Å². The van der Waals surface area contributed by atoms with Crippen LogP contribution in [0.15, 0.2) is 29.2 Å². The van der Waals surface area contributed by atoms with Gasteiger partial charge in [-0.1, -0.05) is 6.07 Å². The van der Waals surface area contributed by atoms with Crippen LogP contribution in [0, 0.1) is 0 Å². The molecule has 1 aromatic rings. The molecule has 20 heavy (non-hydrogen) atoms. The minimum Gasteiger partial charge on any atom is -0.480 e. The minimum absolute atomic E-state index is 0.0454. The molecule has 1 aromatic carbocycles. The van der Waals surface area contributed by atoms with E-state index in [1.807, 2.05) is 0 Å². The van der Waals surface area contributed by atoms with Gasteiger partial charge in [0.2, 0.25) is 11.3 Å². The van der Waals surface area contributed by atoms with Crippen molar-refractivity contribution in [2.75, 3.05) is 6.54 Å². The molecule has 0 atom stereocenters. The zero-order chi connectivity index (χ0) is 15.6. The number of nitrogens with one attached hydrogen (secondary N) is 1. The molecule has 0 aliphatic rings. The molecule has 10 heteroatoms. The molecule has 0 saturated heterocycles. The number of hydrogen-bond donors (Lipinski definition) is 2. The van der Waals surface area contributed by atoms with Crippen LogP contribution in [0.3, 0.4) is 0 Å². The highest BCUT2D eigenvalue weighted by Crippen LogP contribution is 2.43. The highest BCUT2D eigenvalue weighted by atomic mass is 80.0. The number of carbonyl (C=O) groups excluding carboxylic acids is 1. The molecule has 1 rings (SSSR count). The molecular formula is C10H8Br3NO5S. The van der Waals surface area contributed by atoms with E-state index in [1.165, 1.54) is 18.2 Å². The summed E-state index contributed by atoms with van der Waals surface area (Å²) in [6.07, 6.45) is 0. The molecule has 2 N–H and O–H groups in total. The zero-order valence-electron chi connectivity index (χ0n) is 9.64. The van der Waals surface area contributed by atoms with Gasteiger partial charge in [-0.2, -0.15) is 0 Å². The van der Waals surface area contributed by atoms with Gasteiger partial charge in [-0.05, 0) is 66.0 Å². The summed E-state index contributed by atoms with van der Waals surface area (Å²) in [6, 6.07) is 5.25. The summed E-state index contributed by atoms with van der Waals surface area (Å²) in [5.74, 6) is -1.86. The van der Waals surface area contributed by atoms with Crippen LogP contribution >= 0.6 is 47.8 Å². The Kier molecular flexibility index (Phi) is 5.76. The Morgan fingerprint density at radius 2 is 1.85 bits per heavy atom. The van der Waals surface area contributed by atoms with Crippen molar-refractivity contribution in [3.8, 4) is 0 Å². The smallest absolute Gasteiger partial charge is 0.322 e. The third-order valence-electron chi connectivity index (χ3n) is 2.11. The number of carboxylic acid groups (broad SMARTS) is 1. The monoisotopic (exact) mass is 491 g/mol. The molecule has 0 radical (unpaired) electrons. The Morgan fingerprint density at radius 1 is 1.25 bits per heavy atom. The molecular weight excluding hydrogens is 486 g/mol. The predicted octanol–water partition coefficient (Wildman–Crippen LogP) is 2.07. The number of amides is 1. The molecule has 0 saturated carbocycles. The van der Waals surface area contributed by atoms with Crippen molar-refractivity contribution in [1.82, 2.24) is 5.32 Å². The van der Waals surface area contributed by atoms with Gasteiger partial charge in [-0.3, -0.25) is 9.59 Å². The number of benzene rings is 1. The molecule has 0 aliphatic heterocycles. The molecule has 0 aromatic heterocycles. The van der Waals surface area contributed by atoms with Crippen molar-refractivity contribution >= 4 is 69.5 Å². The lowest BCUT2D eigenvalue weighted by molar-refractivity contribution is -0.135. The van der Waals surface area contributed by atoms with Gasteiger partial charge < -0.3 is 10.4 Å². The van der Waals surface area contributed by atoms with Gasteiger partial charge in [-0.25, -0.2) is 8.42 Å². The average molecular weight is 494 g/mol. The summed E-state index contributed by atoms with van der Waals surface area (Å²) in [4.78, 5) is 21.9. The van der Waals surface area contributed by atoms with Crippen LogP contribution in [0.1, 0.15) is 10.4 Å². The summed E-state index contributed by atoms with van der Waals surface area (Å²) in [5.41, 5.74) is 0.0454. The van der Waals surface area contributed by atoms with E-state index in [0.29, 0.717) is 0 Å². The lowest BCUT2D eigenvalue weighted by Crippen LogP contribution is -2.29. The Bertz CT molecular complexity index is 639. The normalized spacial score (nSPS) is 11.9. The Morgan fingerprint density at radius 3 is 2.35 bits per heavy atom. The number of hydrogen-bond acceptors (Lipinski definition) is 4. The molecule has 0 spiro atoms. The first kappa shape index (κ1) is 17.6. The van der Waals surface area contributed by atoms with E-state index >= 15 is 0 Å². The van der Waals surface area contributed by atoms with Crippen LogP contribution in [0.25, 0.3) is 0 Å². The summed E-state index contributed by atoms with van der Waals surface area (Å²) in [6.45, 7) is -0.547. The van der Waals surface area contributed by atoms with Crippen LogP contribution < -0.4 is 5.32 Å². The van der Waals surface area contributed by atoms with Gasteiger partial charge in [0.05, 0.1) is 4.90 Å². The topological polar surface area (TPSA) is 101 Å². The number of carbonyl (C=O) groups is 2. The molecule has 1 amide bonds. The molecule has 0 fully saturated rings. The van der Waals surface area contributed by atoms with Gasteiger partial charge in [0, 0.05) is 5.56 Å². The average Bonchev–Trinajstić information content (AvgIpc) is 2.34. The number of carboxylic acids is 1. The molecule has 0 aliphatic carbocycles. The maximum Gasteiger partial charge on any atom is 0.322 e. The van der Waals surface area contributed by atoms with E-state index < -0.39 is 29.7 Å². The summed E-state index contributed by atoms with van der Waals surface area (Å²) in [5, 5.41) is 10.6. The number of alkyl halides is 3. The van der Waals surface area contributed by atoms with Crippen LogP contribution in [0.4, 0.5) is 0 Å². The Labute approximate surface area is 140 Å². The summed E-state index contributed by atoms with van der Waals surface area (Å²) >= 11 is 8.75. The van der Waals surface area contributed by atoms with Gasteiger partial charge in [0.25, 0.3) is 5.91 Å². The molecule has 0 heterocycles. The lowest BCUT2D eigenvalue weighted by Gasteiger charge is -2.14. The lowest BCUT2D eigenvalue weighted by atomic mass is 10.2. The number of sulfone groups is 1. The first-order chi connectivity index (χ1) is 9.05.